The molecule has 2 amide bonds. The Morgan fingerprint density at radius 3 is 2.86 bits per heavy atom. The third kappa shape index (κ3) is 3.85. The van der Waals surface area contributed by atoms with E-state index >= 15 is 0 Å². The Kier molecular flexibility index (Phi) is 5.54. The van der Waals surface area contributed by atoms with Crippen molar-refractivity contribution in [2.75, 3.05) is 11.9 Å². The zero-order valence-corrected chi connectivity index (χ0v) is 12.8. The van der Waals surface area contributed by atoms with Crippen LogP contribution in [0.4, 0.5) is 5.69 Å². The highest BCUT2D eigenvalue weighted by atomic mass is 16.2. The van der Waals surface area contributed by atoms with Crippen LogP contribution in [0.15, 0.2) is 24.3 Å². The van der Waals surface area contributed by atoms with Gasteiger partial charge in [-0.1, -0.05) is 19.1 Å². The van der Waals surface area contributed by atoms with E-state index in [1.807, 2.05) is 11.0 Å². The summed E-state index contributed by atoms with van der Waals surface area (Å²) >= 11 is 0. The number of para-hydroxylation sites is 1. The van der Waals surface area contributed by atoms with Crippen molar-refractivity contribution >= 4 is 17.5 Å². The molecule has 1 aliphatic heterocycles. The number of benzene rings is 1. The largest absolute Gasteiger partial charge is 0.339 e. The smallest absolute Gasteiger partial charge is 0.233 e. The molecule has 0 aromatic heterocycles. The van der Waals surface area contributed by atoms with Crippen LogP contribution in [0.3, 0.4) is 0 Å². The first kappa shape index (κ1) is 16.0. The molecular weight excluding hydrogens is 278 g/mol. The molecule has 5 heteroatoms. The zero-order valence-electron chi connectivity index (χ0n) is 12.8. The van der Waals surface area contributed by atoms with Crippen LogP contribution >= 0.6 is 0 Å². The average Bonchev–Trinajstić information content (AvgIpc) is 2.55. The van der Waals surface area contributed by atoms with Gasteiger partial charge in [-0.15, -0.1) is 0 Å². The summed E-state index contributed by atoms with van der Waals surface area (Å²) in [4.78, 5) is 26.2. The van der Waals surface area contributed by atoms with Crippen molar-refractivity contribution in [3.05, 3.63) is 29.8 Å². The second-order valence-corrected chi connectivity index (χ2v) is 5.53. The first-order valence-electron chi connectivity index (χ1n) is 7.74. The van der Waals surface area contributed by atoms with Gasteiger partial charge in [-0.2, -0.15) is 5.26 Å². The molecule has 22 heavy (non-hydrogen) atoms. The summed E-state index contributed by atoms with van der Waals surface area (Å²) in [7, 11) is 0. The molecule has 1 saturated heterocycles. The van der Waals surface area contributed by atoms with Gasteiger partial charge in [-0.25, -0.2) is 0 Å². The van der Waals surface area contributed by atoms with Gasteiger partial charge in [0.05, 0.1) is 11.3 Å². The van der Waals surface area contributed by atoms with E-state index in [1.54, 1.807) is 24.3 Å². The first-order chi connectivity index (χ1) is 10.7. The number of carbonyl (C=O) groups excluding carboxylic acids is 2. The maximum absolute atomic E-state index is 12.3. The van der Waals surface area contributed by atoms with Crippen LogP contribution in [0.1, 0.15) is 44.6 Å². The predicted molar refractivity (Wildman–Crippen MR) is 84.0 cm³/mol. The van der Waals surface area contributed by atoms with E-state index in [-0.39, 0.29) is 24.3 Å². The minimum absolute atomic E-state index is 0.126. The number of piperidine rings is 1. The third-order valence-corrected chi connectivity index (χ3v) is 4.05. The highest BCUT2D eigenvalue weighted by molar-refractivity contribution is 6.04. The van der Waals surface area contributed by atoms with E-state index in [9.17, 15) is 9.59 Å². The molecule has 0 spiro atoms. The van der Waals surface area contributed by atoms with Crippen molar-refractivity contribution in [3.8, 4) is 6.07 Å². The van der Waals surface area contributed by atoms with Gasteiger partial charge >= 0.3 is 0 Å². The van der Waals surface area contributed by atoms with Gasteiger partial charge < -0.3 is 10.2 Å². The first-order valence-corrected chi connectivity index (χ1v) is 7.74. The molecule has 1 aliphatic rings. The van der Waals surface area contributed by atoms with Gasteiger partial charge in [-0.05, 0) is 37.8 Å². The lowest BCUT2D eigenvalue weighted by molar-refractivity contribution is -0.137. The number of nitrogens with zero attached hydrogens (tertiary/aromatic N) is 2. The van der Waals surface area contributed by atoms with Crippen LogP contribution in [0.5, 0.6) is 0 Å². The number of nitrogens with one attached hydrogen (secondary N) is 1. The second kappa shape index (κ2) is 7.60. The Morgan fingerprint density at radius 2 is 2.14 bits per heavy atom. The summed E-state index contributed by atoms with van der Waals surface area (Å²) in [5.41, 5.74) is 0.848. The molecule has 1 atom stereocenters. The number of hydrogen-bond donors (Lipinski definition) is 1. The Hall–Kier alpha value is -2.35. The van der Waals surface area contributed by atoms with Gasteiger partial charge in [0.15, 0.2) is 0 Å². The molecule has 2 rings (SSSR count). The van der Waals surface area contributed by atoms with Crippen molar-refractivity contribution in [1.82, 2.24) is 4.90 Å². The van der Waals surface area contributed by atoms with Crippen LogP contribution in [-0.2, 0) is 9.59 Å². The number of nitriles is 1. The maximum atomic E-state index is 12.3. The Balaban J connectivity index is 1.96. The third-order valence-electron chi connectivity index (χ3n) is 4.05. The van der Waals surface area contributed by atoms with E-state index < -0.39 is 0 Å². The van der Waals surface area contributed by atoms with Crippen LogP contribution in [-0.4, -0.2) is 29.3 Å². The van der Waals surface area contributed by atoms with Crippen molar-refractivity contribution in [1.29, 1.82) is 5.26 Å². The van der Waals surface area contributed by atoms with Gasteiger partial charge in [0.2, 0.25) is 11.8 Å². The topological polar surface area (TPSA) is 73.2 Å². The highest BCUT2D eigenvalue weighted by Crippen LogP contribution is 2.20. The van der Waals surface area contributed by atoms with Crippen LogP contribution < -0.4 is 5.32 Å². The van der Waals surface area contributed by atoms with Crippen molar-refractivity contribution < 1.29 is 9.59 Å². The maximum Gasteiger partial charge on any atom is 0.233 e. The number of carbonyl (C=O) groups is 2. The Morgan fingerprint density at radius 1 is 1.36 bits per heavy atom. The Bertz CT molecular complexity index is 592. The lowest BCUT2D eigenvalue weighted by Crippen LogP contribution is -2.44. The van der Waals surface area contributed by atoms with E-state index in [0.29, 0.717) is 11.3 Å². The van der Waals surface area contributed by atoms with E-state index in [2.05, 4.69) is 12.2 Å². The summed E-state index contributed by atoms with van der Waals surface area (Å²) in [6, 6.07) is 9.05. The standard InChI is InChI=1S/C17H21N3O2/c1-2-14-8-5-6-10-20(14)17(22)11-16(21)19-15-9-4-3-7-13(15)12-18/h3-4,7,9,14H,2,5-6,8,10-11H2,1H3,(H,19,21). The molecule has 116 valence electrons. The summed E-state index contributed by atoms with van der Waals surface area (Å²) in [6.45, 7) is 2.80. The summed E-state index contributed by atoms with van der Waals surface area (Å²) in [5.74, 6) is -0.494. The predicted octanol–water partition coefficient (Wildman–Crippen LogP) is 2.68. The lowest BCUT2D eigenvalue weighted by atomic mass is 9.99. The average molecular weight is 299 g/mol. The molecule has 5 nitrogen and oxygen atoms in total. The molecule has 1 aromatic rings. The van der Waals surface area contributed by atoms with Crippen molar-refractivity contribution in [3.63, 3.8) is 0 Å². The quantitative estimate of drug-likeness (QED) is 0.869. The fourth-order valence-electron chi connectivity index (χ4n) is 2.88. The number of anilines is 1. The number of hydrogen-bond acceptors (Lipinski definition) is 3. The highest BCUT2D eigenvalue weighted by Gasteiger charge is 2.26. The van der Waals surface area contributed by atoms with Crippen LogP contribution in [0.2, 0.25) is 0 Å². The number of amides is 2. The molecular formula is C17H21N3O2. The molecule has 1 aromatic carbocycles. The van der Waals surface area contributed by atoms with Crippen LogP contribution in [0, 0.1) is 11.3 Å². The number of rotatable bonds is 4. The monoisotopic (exact) mass is 299 g/mol. The second-order valence-electron chi connectivity index (χ2n) is 5.53. The molecule has 1 fully saturated rings. The van der Waals surface area contributed by atoms with Crippen molar-refractivity contribution in [2.24, 2.45) is 0 Å². The van der Waals surface area contributed by atoms with E-state index in [1.165, 1.54) is 0 Å². The molecule has 1 heterocycles. The lowest BCUT2D eigenvalue weighted by Gasteiger charge is -2.35. The van der Waals surface area contributed by atoms with Gasteiger partial charge in [-0.3, -0.25) is 9.59 Å². The molecule has 0 saturated carbocycles. The number of likely N-dealkylation sites (tertiary alicyclic amines) is 1. The zero-order chi connectivity index (χ0) is 15.9. The Labute approximate surface area is 130 Å². The van der Waals surface area contributed by atoms with Gasteiger partial charge in [0.25, 0.3) is 0 Å². The van der Waals surface area contributed by atoms with Crippen LogP contribution in [0.25, 0.3) is 0 Å². The normalized spacial score (nSPS) is 17.6. The SMILES string of the molecule is CCC1CCCCN1C(=O)CC(=O)Nc1ccccc1C#N. The molecule has 0 radical (unpaired) electrons. The van der Waals surface area contributed by atoms with E-state index in [0.717, 1.165) is 32.2 Å². The molecule has 1 N–H and O–H groups in total. The molecule has 1 unspecified atom stereocenters. The van der Waals surface area contributed by atoms with Gasteiger partial charge in [0.1, 0.15) is 12.5 Å². The minimum Gasteiger partial charge on any atom is -0.339 e. The fourth-order valence-corrected chi connectivity index (χ4v) is 2.88. The molecule has 0 bridgehead atoms. The fraction of sp³-hybridized carbons (Fsp3) is 0.471. The minimum atomic E-state index is -0.367. The van der Waals surface area contributed by atoms with E-state index in [4.69, 9.17) is 5.26 Å². The van der Waals surface area contributed by atoms with Gasteiger partial charge in [0, 0.05) is 12.6 Å². The summed E-state index contributed by atoms with van der Waals surface area (Å²) in [5, 5.41) is 11.7. The summed E-state index contributed by atoms with van der Waals surface area (Å²) < 4.78 is 0. The molecule has 0 aliphatic carbocycles. The van der Waals surface area contributed by atoms with Crippen molar-refractivity contribution in [2.45, 2.75) is 45.1 Å². The summed E-state index contributed by atoms with van der Waals surface area (Å²) in [6.07, 6.45) is 3.91.